The molecule has 0 amide bonds. The molecule has 1 rings (SSSR count). The van der Waals surface area contributed by atoms with Gasteiger partial charge in [0.2, 0.25) is 10.0 Å². The van der Waals surface area contributed by atoms with Gasteiger partial charge < -0.3 is 5.11 Å². The maximum absolute atomic E-state index is 12.3. The number of benzene rings is 1. The van der Waals surface area contributed by atoms with Gasteiger partial charge in [-0.05, 0) is 17.7 Å². The van der Waals surface area contributed by atoms with Gasteiger partial charge in [0.25, 0.3) is 0 Å². The molecule has 114 valence electrons. The number of hydrogen-bond acceptors (Lipinski definition) is 3. The molecule has 0 spiro atoms. The zero-order chi connectivity index (χ0) is 15.7. The van der Waals surface area contributed by atoms with Gasteiger partial charge in [-0.2, -0.15) is 17.5 Å². The number of halogens is 5. The third-order valence-electron chi connectivity index (χ3n) is 2.34. The number of rotatable bonds is 4. The summed E-state index contributed by atoms with van der Waals surface area (Å²) in [5.74, 6) is 0. The molecule has 0 heterocycles. The van der Waals surface area contributed by atoms with Crippen molar-refractivity contribution in [2.45, 2.75) is 17.7 Å². The van der Waals surface area contributed by atoms with Crippen LogP contribution in [-0.2, 0) is 16.6 Å². The second kappa shape index (κ2) is 6.07. The van der Waals surface area contributed by atoms with Crippen molar-refractivity contribution < 1.29 is 26.7 Å². The van der Waals surface area contributed by atoms with Crippen molar-refractivity contribution in [1.82, 2.24) is 4.31 Å². The van der Waals surface area contributed by atoms with Crippen molar-refractivity contribution in [3.05, 3.63) is 27.7 Å². The Morgan fingerprint density at radius 3 is 2.30 bits per heavy atom. The van der Waals surface area contributed by atoms with Gasteiger partial charge in [-0.25, -0.2) is 8.42 Å². The van der Waals surface area contributed by atoms with Crippen LogP contribution in [0.5, 0.6) is 0 Å². The third kappa shape index (κ3) is 3.98. The summed E-state index contributed by atoms with van der Waals surface area (Å²) in [6.07, 6.45) is -4.69. The van der Waals surface area contributed by atoms with Gasteiger partial charge in [-0.1, -0.05) is 23.2 Å². The van der Waals surface area contributed by atoms with Crippen molar-refractivity contribution in [1.29, 1.82) is 0 Å². The predicted octanol–water partition coefficient (Wildman–Crippen LogP) is 2.67. The lowest BCUT2D eigenvalue weighted by atomic mass is 10.2. The molecule has 10 heteroatoms. The number of aliphatic hydroxyl groups is 1. The van der Waals surface area contributed by atoms with Crippen LogP contribution in [-0.4, -0.2) is 37.6 Å². The molecule has 4 nitrogen and oxygen atoms in total. The van der Waals surface area contributed by atoms with Crippen LogP contribution in [0.15, 0.2) is 17.0 Å². The Kier molecular flexibility index (Phi) is 5.31. The van der Waals surface area contributed by atoms with Gasteiger partial charge in [-0.3, -0.25) is 0 Å². The summed E-state index contributed by atoms with van der Waals surface area (Å²) in [4.78, 5) is -0.581. The largest absolute Gasteiger partial charge is 0.402 e. The average molecular weight is 352 g/mol. The first-order valence-electron chi connectivity index (χ1n) is 5.11. The molecule has 0 fully saturated rings. The van der Waals surface area contributed by atoms with E-state index in [-0.39, 0.29) is 19.9 Å². The van der Waals surface area contributed by atoms with Crippen LogP contribution in [0.1, 0.15) is 5.56 Å². The maximum Gasteiger partial charge on any atom is 0.402 e. The Morgan fingerprint density at radius 1 is 1.30 bits per heavy atom. The molecule has 0 saturated heterocycles. The zero-order valence-electron chi connectivity index (χ0n) is 10.1. The van der Waals surface area contributed by atoms with E-state index in [2.05, 4.69) is 0 Å². The SMILES string of the molecule is CN(CC(F)(F)F)S(=O)(=O)c1cc(Cl)cc(CO)c1Cl. The fourth-order valence-electron chi connectivity index (χ4n) is 1.43. The van der Waals surface area contributed by atoms with Crippen molar-refractivity contribution in [3.63, 3.8) is 0 Å². The summed E-state index contributed by atoms with van der Waals surface area (Å²) in [5, 5.41) is 8.61. The minimum absolute atomic E-state index is 0.0122. The summed E-state index contributed by atoms with van der Waals surface area (Å²) >= 11 is 11.4. The van der Waals surface area contributed by atoms with Crippen LogP contribution >= 0.6 is 23.2 Å². The second-order valence-corrected chi connectivity index (χ2v) is 6.74. The fraction of sp³-hybridized carbons (Fsp3) is 0.400. The first kappa shape index (κ1) is 17.5. The molecule has 0 radical (unpaired) electrons. The number of sulfonamides is 1. The van der Waals surface area contributed by atoms with Gasteiger partial charge >= 0.3 is 6.18 Å². The number of nitrogens with zero attached hydrogens (tertiary/aromatic N) is 1. The topological polar surface area (TPSA) is 57.6 Å². The quantitative estimate of drug-likeness (QED) is 0.907. The van der Waals surface area contributed by atoms with Crippen LogP contribution in [0.25, 0.3) is 0 Å². The molecule has 0 atom stereocenters. The summed E-state index contributed by atoms with van der Waals surface area (Å²) < 4.78 is 61.0. The van der Waals surface area contributed by atoms with Crippen molar-refractivity contribution in [2.75, 3.05) is 13.6 Å². The first-order valence-corrected chi connectivity index (χ1v) is 7.30. The third-order valence-corrected chi connectivity index (χ3v) is 4.94. The van der Waals surface area contributed by atoms with Gasteiger partial charge in [0.05, 0.1) is 11.6 Å². The molecule has 20 heavy (non-hydrogen) atoms. The van der Waals surface area contributed by atoms with E-state index in [9.17, 15) is 21.6 Å². The average Bonchev–Trinajstić information content (AvgIpc) is 2.29. The lowest BCUT2D eigenvalue weighted by Crippen LogP contribution is -2.36. The molecule has 0 aliphatic heterocycles. The predicted molar refractivity (Wildman–Crippen MR) is 68.3 cm³/mol. The van der Waals surface area contributed by atoms with E-state index in [0.717, 1.165) is 13.1 Å². The summed E-state index contributed by atoms with van der Waals surface area (Å²) in [7, 11) is -3.70. The second-order valence-electron chi connectivity index (χ2n) is 3.91. The van der Waals surface area contributed by atoms with Gasteiger partial charge in [0.1, 0.15) is 11.4 Å². The van der Waals surface area contributed by atoms with Crippen molar-refractivity contribution in [2.24, 2.45) is 0 Å². The Morgan fingerprint density at radius 2 is 1.85 bits per heavy atom. The smallest absolute Gasteiger partial charge is 0.392 e. The number of alkyl halides is 3. The Balaban J connectivity index is 3.32. The normalized spacial score (nSPS) is 13.0. The van der Waals surface area contributed by atoms with Crippen LogP contribution in [0, 0.1) is 0 Å². The summed E-state index contributed by atoms with van der Waals surface area (Å²) in [6, 6.07) is 2.16. The minimum Gasteiger partial charge on any atom is -0.392 e. The molecule has 0 aliphatic carbocycles. The van der Waals surface area contributed by atoms with E-state index in [0.29, 0.717) is 0 Å². The highest BCUT2D eigenvalue weighted by Crippen LogP contribution is 2.32. The van der Waals surface area contributed by atoms with Crippen molar-refractivity contribution >= 4 is 33.2 Å². The molecular weight excluding hydrogens is 342 g/mol. The van der Waals surface area contributed by atoms with E-state index < -0.39 is 34.2 Å². The Hall–Kier alpha value is -0.540. The van der Waals surface area contributed by atoms with E-state index in [4.69, 9.17) is 28.3 Å². The molecule has 1 aromatic carbocycles. The lowest BCUT2D eigenvalue weighted by Gasteiger charge is -2.20. The van der Waals surface area contributed by atoms with Crippen LogP contribution < -0.4 is 0 Å². The van der Waals surface area contributed by atoms with E-state index in [1.165, 1.54) is 6.07 Å². The lowest BCUT2D eigenvalue weighted by molar-refractivity contribution is -0.134. The van der Waals surface area contributed by atoms with Crippen LogP contribution in [0.2, 0.25) is 10.0 Å². The molecular formula is C10H10Cl2F3NO3S. The van der Waals surface area contributed by atoms with Gasteiger partial charge in [0.15, 0.2) is 0 Å². The van der Waals surface area contributed by atoms with Gasteiger partial charge in [-0.15, -0.1) is 0 Å². The molecule has 0 saturated carbocycles. The Labute approximate surface area is 123 Å². The number of aliphatic hydroxyl groups excluding tert-OH is 1. The monoisotopic (exact) mass is 351 g/mol. The van der Waals surface area contributed by atoms with E-state index in [1.54, 1.807) is 0 Å². The fourth-order valence-corrected chi connectivity index (χ4v) is 3.48. The van der Waals surface area contributed by atoms with Crippen molar-refractivity contribution in [3.8, 4) is 0 Å². The summed E-state index contributed by atoms with van der Waals surface area (Å²) in [5.41, 5.74) is 0.0122. The first-order chi connectivity index (χ1) is 8.99. The molecule has 0 unspecified atom stereocenters. The highest BCUT2D eigenvalue weighted by atomic mass is 35.5. The minimum atomic E-state index is -4.69. The highest BCUT2D eigenvalue weighted by Gasteiger charge is 2.36. The molecule has 1 aromatic rings. The molecule has 1 N–H and O–H groups in total. The highest BCUT2D eigenvalue weighted by molar-refractivity contribution is 7.89. The zero-order valence-corrected chi connectivity index (χ0v) is 12.4. The van der Waals surface area contributed by atoms with E-state index >= 15 is 0 Å². The van der Waals surface area contributed by atoms with E-state index in [1.807, 2.05) is 0 Å². The Bertz CT molecular complexity index is 605. The maximum atomic E-state index is 12.3. The standard InChI is InChI=1S/C10H10Cl2F3NO3S/c1-16(5-10(13,14)15)20(18,19)8-3-7(11)2-6(4-17)9(8)12/h2-3,17H,4-5H2,1H3. The van der Waals surface area contributed by atoms with Gasteiger partial charge in [0, 0.05) is 12.1 Å². The van der Waals surface area contributed by atoms with Crippen LogP contribution in [0.3, 0.4) is 0 Å². The summed E-state index contributed by atoms with van der Waals surface area (Å²) in [6.45, 7) is -2.25. The molecule has 0 aromatic heterocycles. The van der Waals surface area contributed by atoms with Crippen LogP contribution in [0.4, 0.5) is 13.2 Å². The molecule has 0 aliphatic rings. The molecule has 0 bridgehead atoms. The number of hydrogen-bond donors (Lipinski definition) is 1.